The minimum atomic E-state index is -4.69. The van der Waals surface area contributed by atoms with Crippen molar-refractivity contribution in [2.75, 3.05) is 11.9 Å². The van der Waals surface area contributed by atoms with E-state index in [1.165, 1.54) is 26.0 Å². The number of hydrogen-bond donors (Lipinski definition) is 1. The van der Waals surface area contributed by atoms with Crippen molar-refractivity contribution < 1.29 is 31.1 Å². The van der Waals surface area contributed by atoms with Crippen LogP contribution in [-0.4, -0.2) is 27.3 Å². The number of rotatable bonds is 7. The Morgan fingerprint density at radius 3 is 2.42 bits per heavy atom. The number of hydrogen-bond acceptors (Lipinski definition) is 5. The molecule has 0 amide bonds. The first-order valence-electron chi connectivity index (χ1n) is 11.3. The highest BCUT2D eigenvalue weighted by atomic mass is 19.4. The molecule has 0 bridgehead atoms. The Hall–Kier alpha value is -3.31. The smallest absolute Gasteiger partial charge is 0.412 e. The molecule has 0 saturated heterocycles. The molecule has 0 aliphatic heterocycles. The van der Waals surface area contributed by atoms with Crippen LogP contribution in [0.15, 0.2) is 29.2 Å². The second kappa shape index (κ2) is 8.67. The van der Waals surface area contributed by atoms with Crippen LogP contribution < -0.4 is 15.6 Å². The van der Waals surface area contributed by atoms with Gasteiger partial charge in [0.1, 0.15) is 28.5 Å². The van der Waals surface area contributed by atoms with E-state index in [0.29, 0.717) is 11.5 Å². The van der Waals surface area contributed by atoms with Crippen molar-refractivity contribution in [2.24, 2.45) is 0 Å². The molecule has 1 aliphatic rings. The Kier molecular flexibility index (Phi) is 6.20. The summed E-state index contributed by atoms with van der Waals surface area (Å²) in [5.41, 5.74) is -4.23. The summed E-state index contributed by atoms with van der Waals surface area (Å²) in [7, 11) is 0. The predicted octanol–water partition coefficient (Wildman–Crippen LogP) is 5.97. The van der Waals surface area contributed by atoms with Gasteiger partial charge in [-0.05, 0) is 33.6 Å². The van der Waals surface area contributed by atoms with Crippen LogP contribution >= 0.6 is 0 Å². The van der Waals surface area contributed by atoms with Gasteiger partial charge in [0.2, 0.25) is 5.75 Å². The van der Waals surface area contributed by atoms with E-state index in [9.17, 15) is 31.1 Å². The molecule has 0 spiro atoms. The van der Waals surface area contributed by atoms with Crippen LogP contribution in [0.25, 0.3) is 10.9 Å². The molecule has 1 fully saturated rings. The Balaban J connectivity index is 1.89. The molecule has 36 heavy (non-hydrogen) atoms. The van der Waals surface area contributed by atoms with E-state index in [1.54, 1.807) is 6.92 Å². The molecular formula is C24H24F6N4O2. The number of aryl methyl sites for hydroxylation is 1. The third kappa shape index (κ3) is 4.26. The summed E-state index contributed by atoms with van der Waals surface area (Å²) >= 11 is 0. The highest BCUT2D eigenvalue weighted by Gasteiger charge is 2.65. The quantitative estimate of drug-likeness (QED) is 0.393. The van der Waals surface area contributed by atoms with Crippen molar-refractivity contribution in [1.82, 2.24) is 14.5 Å². The van der Waals surface area contributed by atoms with Crippen LogP contribution in [0.3, 0.4) is 0 Å². The summed E-state index contributed by atoms with van der Waals surface area (Å²) in [6.45, 7) is 5.16. The van der Waals surface area contributed by atoms with Gasteiger partial charge in [0.25, 0.3) is 11.5 Å². The van der Waals surface area contributed by atoms with Crippen LogP contribution in [0.4, 0.5) is 32.2 Å². The van der Waals surface area contributed by atoms with E-state index in [-0.39, 0.29) is 53.3 Å². The molecule has 4 rings (SSSR count). The number of nitrogens with zero attached hydrogens (tertiary/aromatic N) is 3. The number of benzene rings is 1. The monoisotopic (exact) mass is 514 g/mol. The highest BCUT2D eigenvalue weighted by molar-refractivity contribution is 5.92. The maximum absolute atomic E-state index is 14.9. The summed E-state index contributed by atoms with van der Waals surface area (Å²) in [6.07, 6.45) is -4.21. The maximum atomic E-state index is 14.9. The van der Waals surface area contributed by atoms with Crippen molar-refractivity contribution in [3.05, 3.63) is 57.5 Å². The number of anilines is 1. The van der Waals surface area contributed by atoms with Gasteiger partial charge in [-0.3, -0.25) is 9.36 Å². The standard InChI is InChI=1S/C24H24F6N4O2/c1-5-36-19-18-15(11-34(21(19)35)23(9-10-23)24(28,29)30)20(33-13(3)32-18)31-12(2)14-7-6-8-16(17(14)25)22(4,26)27/h6-8,11-12H,5,9-10H2,1-4H3,(H,31,32,33). The Morgan fingerprint density at radius 2 is 1.86 bits per heavy atom. The maximum Gasteiger partial charge on any atom is 0.412 e. The highest BCUT2D eigenvalue weighted by Crippen LogP contribution is 2.55. The van der Waals surface area contributed by atoms with Crippen LogP contribution in [-0.2, 0) is 11.5 Å². The number of fused-ring (bicyclic) bond motifs is 1. The van der Waals surface area contributed by atoms with Gasteiger partial charge in [-0.2, -0.15) is 13.2 Å². The normalized spacial score (nSPS) is 16.2. The van der Waals surface area contributed by atoms with Gasteiger partial charge < -0.3 is 10.1 Å². The third-order valence-electron chi connectivity index (χ3n) is 6.27. The van der Waals surface area contributed by atoms with Gasteiger partial charge in [-0.15, -0.1) is 0 Å². The first-order chi connectivity index (χ1) is 16.7. The first kappa shape index (κ1) is 25.8. The van der Waals surface area contributed by atoms with E-state index in [0.717, 1.165) is 12.3 Å². The molecular weight excluding hydrogens is 490 g/mol. The SMILES string of the molecule is CCOc1c(=O)n(C2(C(F)(F)F)CC2)cc2c(NC(C)c3cccc(C(C)(F)F)c3F)nc(C)nc12. The van der Waals surface area contributed by atoms with E-state index >= 15 is 0 Å². The molecule has 3 aromatic rings. The molecule has 12 heteroatoms. The summed E-state index contributed by atoms with van der Waals surface area (Å²) in [5, 5.41) is 2.94. The number of alkyl halides is 5. The van der Waals surface area contributed by atoms with Crippen molar-refractivity contribution in [3.63, 3.8) is 0 Å². The van der Waals surface area contributed by atoms with Gasteiger partial charge in [0.05, 0.1) is 23.6 Å². The van der Waals surface area contributed by atoms with Gasteiger partial charge in [0.15, 0.2) is 0 Å². The lowest BCUT2D eigenvalue weighted by atomic mass is 10.0. The number of ether oxygens (including phenoxy) is 1. The van der Waals surface area contributed by atoms with Crippen molar-refractivity contribution in [2.45, 2.75) is 64.2 Å². The van der Waals surface area contributed by atoms with Gasteiger partial charge in [0, 0.05) is 18.7 Å². The fourth-order valence-electron chi connectivity index (χ4n) is 4.26. The minimum absolute atomic E-state index is 0.00117. The second-order valence-electron chi connectivity index (χ2n) is 8.94. The zero-order valence-corrected chi connectivity index (χ0v) is 19.9. The predicted molar refractivity (Wildman–Crippen MR) is 121 cm³/mol. The Morgan fingerprint density at radius 1 is 1.19 bits per heavy atom. The lowest BCUT2D eigenvalue weighted by Gasteiger charge is -2.24. The first-order valence-corrected chi connectivity index (χ1v) is 11.3. The average molecular weight is 514 g/mol. The zero-order valence-electron chi connectivity index (χ0n) is 19.9. The fraction of sp³-hybridized carbons (Fsp3) is 0.458. The number of halogens is 6. The molecule has 1 unspecified atom stereocenters. The van der Waals surface area contributed by atoms with Gasteiger partial charge >= 0.3 is 6.18 Å². The largest absolute Gasteiger partial charge is 0.487 e. The van der Waals surface area contributed by atoms with E-state index in [1.807, 2.05) is 0 Å². The van der Waals surface area contributed by atoms with E-state index in [2.05, 4.69) is 15.3 Å². The molecule has 1 aliphatic carbocycles. The molecule has 1 atom stereocenters. The van der Waals surface area contributed by atoms with E-state index < -0.39 is 40.6 Å². The molecule has 0 radical (unpaired) electrons. The molecule has 6 nitrogen and oxygen atoms in total. The average Bonchev–Trinajstić information content (AvgIpc) is 3.57. The topological polar surface area (TPSA) is 69.0 Å². The van der Waals surface area contributed by atoms with Crippen LogP contribution in [0.5, 0.6) is 5.75 Å². The lowest BCUT2D eigenvalue weighted by molar-refractivity contribution is -0.180. The molecule has 194 valence electrons. The Labute approximate surface area is 202 Å². The third-order valence-corrected chi connectivity index (χ3v) is 6.27. The molecule has 1 N–H and O–H groups in total. The molecule has 1 aromatic carbocycles. The van der Waals surface area contributed by atoms with Gasteiger partial charge in [-0.25, -0.2) is 23.1 Å². The van der Waals surface area contributed by atoms with Crippen LogP contribution in [0.2, 0.25) is 0 Å². The second-order valence-corrected chi connectivity index (χ2v) is 8.94. The molecule has 2 aromatic heterocycles. The lowest BCUT2D eigenvalue weighted by Crippen LogP contribution is -2.41. The van der Waals surface area contributed by atoms with Crippen LogP contribution in [0.1, 0.15) is 56.6 Å². The summed E-state index contributed by atoms with van der Waals surface area (Å²) < 4.78 is 90.4. The Bertz CT molecular complexity index is 1380. The minimum Gasteiger partial charge on any atom is -0.487 e. The summed E-state index contributed by atoms with van der Waals surface area (Å²) in [5.74, 6) is -4.71. The summed E-state index contributed by atoms with van der Waals surface area (Å²) in [4.78, 5) is 21.6. The van der Waals surface area contributed by atoms with E-state index in [4.69, 9.17) is 4.74 Å². The number of nitrogens with one attached hydrogen (secondary N) is 1. The molecule has 1 saturated carbocycles. The van der Waals surface area contributed by atoms with Crippen molar-refractivity contribution in [1.29, 1.82) is 0 Å². The van der Waals surface area contributed by atoms with Gasteiger partial charge in [-0.1, -0.05) is 18.2 Å². The summed E-state index contributed by atoms with van der Waals surface area (Å²) in [6, 6.07) is 2.67. The molecule has 2 heterocycles. The number of pyridine rings is 1. The van der Waals surface area contributed by atoms with Crippen molar-refractivity contribution in [3.8, 4) is 5.75 Å². The fourth-order valence-corrected chi connectivity index (χ4v) is 4.26. The van der Waals surface area contributed by atoms with Crippen LogP contribution in [0, 0.1) is 12.7 Å². The zero-order chi connectivity index (χ0) is 26.6. The van der Waals surface area contributed by atoms with Crippen molar-refractivity contribution >= 4 is 16.7 Å². The number of aromatic nitrogens is 3.